The summed E-state index contributed by atoms with van der Waals surface area (Å²) in [6, 6.07) is 2.84. The second-order valence-corrected chi connectivity index (χ2v) is 5.30. The average Bonchev–Trinajstić information content (AvgIpc) is 2.27. The standard InChI is InChI=1S/C13H20FN3O2/c1-9(7-16-12(18)19-13(2,3)4)17-10-5-6-11(14)15-8-10/h5-6,8-9,17H,7H2,1-4H3,(H,16,18). The SMILES string of the molecule is CC(CNC(=O)OC(C)(C)C)Nc1ccc(F)nc1. The van der Waals surface area contributed by atoms with Crippen molar-refractivity contribution in [2.24, 2.45) is 0 Å². The van der Waals surface area contributed by atoms with Gasteiger partial charge in [-0.3, -0.25) is 0 Å². The van der Waals surface area contributed by atoms with Crippen molar-refractivity contribution in [1.82, 2.24) is 10.3 Å². The molecule has 0 aliphatic heterocycles. The number of amides is 1. The fourth-order valence-electron chi connectivity index (χ4n) is 1.35. The van der Waals surface area contributed by atoms with E-state index in [1.165, 1.54) is 12.3 Å². The summed E-state index contributed by atoms with van der Waals surface area (Å²) in [5.74, 6) is -0.523. The van der Waals surface area contributed by atoms with Gasteiger partial charge in [-0.1, -0.05) is 0 Å². The molecule has 0 bridgehead atoms. The van der Waals surface area contributed by atoms with Gasteiger partial charge in [0, 0.05) is 12.6 Å². The first kappa shape index (κ1) is 15.2. The molecule has 2 N–H and O–H groups in total. The van der Waals surface area contributed by atoms with Crippen LogP contribution in [0.4, 0.5) is 14.9 Å². The van der Waals surface area contributed by atoms with Crippen LogP contribution in [0.3, 0.4) is 0 Å². The quantitative estimate of drug-likeness (QED) is 0.825. The Morgan fingerprint density at radius 1 is 1.47 bits per heavy atom. The van der Waals surface area contributed by atoms with Gasteiger partial charge >= 0.3 is 6.09 Å². The summed E-state index contributed by atoms with van der Waals surface area (Å²) in [6.45, 7) is 7.70. The minimum atomic E-state index is -0.523. The molecule has 5 nitrogen and oxygen atoms in total. The van der Waals surface area contributed by atoms with Crippen molar-refractivity contribution in [2.75, 3.05) is 11.9 Å². The number of alkyl carbamates (subject to hydrolysis) is 1. The van der Waals surface area contributed by atoms with E-state index in [4.69, 9.17) is 4.74 Å². The van der Waals surface area contributed by atoms with Gasteiger partial charge in [0.1, 0.15) is 5.60 Å². The number of aromatic nitrogens is 1. The number of carbonyl (C=O) groups excluding carboxylic acids is 1. The lowest BCUT2D eigenvalue weighted by atomic mass is 10.2. The average molecular weight is 269 g/mol. The highest BCUT2D eigenvalue weighted by molar-refractivity contribution is 5.67. The molecule has 1 unspecified atom stereocenters. The zero-order chi connectivity index (χ0) is 14.5. The third kappa shape index (κ3) is 6.59. The van der Waals surface area contributed by atoms with E-state index in [2.05, 4.69) is 15.6 Å². The topological polar surface area (TPSA) is 63.2 Å². The Morgan fingerprint density at radius 3 is 2.68 bits per heavy atom. The fourth-order valence-corrected chi connectivity index (χ4v) is 1.35. The normalized spacial score (nSPS) is 12.7. The molecule has 1 heterocycles. The molecule has 0 spiro atoms. The maximum absolute atomic E-state index is 12.6. The lowest BCUT2D eigenvalue weighted by Gasteiger charge is -2.21. The highest BCUT2D eigenvalue weighted by Crippen LogP contribution is 2.08. The van der Waals surface area contributed by atoms with Crippen LogP contribution < -0.4 is 10.6 Å². The molecule has 1 aromatic heterocycles. The third-order valence-electron chi connectivity index (χ3n) is 2.09. The van der Waals surface area contributed by atoms with Crippen LogP contribution in [0.5, 0.6) is 0 Å². The highest BCUT2D eigenvalue weighted by atomic mass is 19.1. The Kier molecular flexibility index (Phi) is 5.09. The Bertz CT molecular complexity index is 415. The van der Waals surface area contributed by atoms with Gasteiger partial charge < -0.3 is 15.4 Å². The Balaban J connectivity index is 2.33. The van der Waals surface area contributed by atoms with Gasteiger partial charge in [0.15, 0.2) is 0 Å². The smallest absolute Gasteiger partial charge is 0.407 e. The molecule has 0 radical (unpaired) electrons. The van der Waals surface area contributed by atoms with E-state index in [1.54, 1.807) is 26.8 Å². The minimum absolute atomic E-state index is 0.0280. The van der Waals surface area contributed by atoms with Gasteiger partial charge in [-0.2, -0.15) is 4.39 Å². The molecule has 0 aliphatic rings. The van der Waals surface area contributed by atoms with Crippen molar-refractivity contribution < 1.29 is 13.9 Å². The van der Waals surface area contributed by atoms with E-state index in [-0.39, 0.29) is 6.04 Å². The lowest BCUT2D eigenvalue weighted by molar-refractivity contribution is 0.0526. The first-order valence-corrected chi connectivity index (χ1v) is 6.11. The first-order valence-electron chi connectivity index (χ1n) is 6.11. The molecule has 19 heavy (non-hydrogen) atoms. The van der Waals surface area contributed by atoms with E-state index in [1.807, 2.05) is 6.92 Å². The van der Waals surface area contributed by atoms with E-state index in [0.29, 0.717) is 12.2 Å². The molecule has 1 rings (SSSR count). The van der Waals surface area contributed by atoms with E-state index in [9.17, 15) is 9.18 Å². The maximum Gasteiger partial charge on any atom is 0.407 e. The Hall–Kier alpha value is -1.85. The molecular formula is C13H20FN3O2. The number of hydrogen-bond acceptors (Lipinski definition) is 4. The first-order chi connectivity index (χ1) is 8.76. The Labute approximate surface area is 112 Å². The molecule has 1 aromatic rings. The van der Waals surface area contributed by atoms with E-state index < -0.39 is 17.6 Å². The van der Waals surface area contributed by atoms with Gasteiger partial charge in [-0.15, -0.1) is 0 Å². The van der Waals surface area contributed by atoms with Gasteiger partial charge in [0.25, 0.3) is 0 Å². The van der Waals surface area contributed by atoms with Gasteiger partial charge in [0.05, 0.1) is 11.9 Å². The summed E-state index contributed by atoms with van der Waals surface area (Å²) in [5.41, 5.74) is 0.182. The zero-order valence-corrected chi connectivity index (χ0v) is 11.7. The van der Waals surface area contributed by atoms with E-state index >= 15 is 0 Å². The predicted octanol–water partition coefficient (Wildman–Crippen LogP) is 2.55. The van der Waals surface area contributed by atoms with Crippen LogP contribution in [-0.4, -0.2) is 29.3 Å². The largest absolute Gasteiger partial charge is 0.444 e. The van der Waals surface area contributed by atoms with Crippen LogP contribution in [0.2, 0.25) is 0 Å². The van der Waals surface area contributed by atoms with Crippen molar-refractivity contribution >= 4 is 11.8 Å². The highest BCUT2D eigenvalue weighted by Gasteiger charge is 2.16. The number of carbonyl (C=O) groups is 1. The van der Waals surface area contributed by atoms with Gasteiger partial charge in [-0.25, -0.2) is 9.78 Å². The third-order valence-corrected chi connectivity index (χ3v) is 2.09. The number of nitrogens with zero attached hydrogens (tertiary/aromatic N) is 1. The fraction of sp³-hybridized carbons (Fsp3) is 0.538. The zero-order valence-electron chi connectivity index (χ0n) is 11.7. The number of rotatable bonds is 4. The van der Waals surface area contributed by atoms with Crippen LogP contribution >= 0.6 is 0 Å². The summed E-state index contributed by atoms with van der Waals surface area (Å²) in [7, 11) is 0. The molecular weight excluding hydrogens is 249 g/mol. The van der Waals surface area contributed by atoms with Crippen molar-refractivity contribution in [3.63, 3.8) is 0 Å². The summed E-state index contributed by atoms with van der Waals surface area (Å²) >= 11 is 0. The molecule has 0 fully saturated rings. The van der Waals surface area contributed by atoms with Crippen molar-refractivity contribution in [3.8, 4) is 0 Å². The van der Waals surface area contributed by atoms with Crippen molar-refractivity contribution in [3.05, 3.63) is 24.3 Å². The number of nitrogens with one attached hydrogen (secondary N) is 2. The predicted molar refractivity (Wildman–Crippen MR) is 71.5 cm³/mol. The van der Waals surface area contributed by atoms with Crippen LogP contribution in [0.1, 0.15) is 27.7 Å². The van der Waals surface area contributed by atoms with Crippen LogP contribution in [0, 0.1) is 5.95 Å². The number of pyridine rings is 1. The monoisotopic (exact) mass is 269 g/mol. The Morgan fingerprint density at radius 2 is 2.16 bits per heavy atom. The molecule has 106 valence electrons. The number of halogens is 1. The number of ether oxygens (including phenoxy) is 1. The number of hydrogen-bond donors (Lipinski definition) is 2. The molecule has 0 aromatic carbocycles. The molecule has 1 atom stereocenters. The minimum Gasteiger partial charge on any atom is -0.444 e. The van der Waals surface area contributed by atoms with Gasteiger partial charge in [-0.05, 0) is 39.8 Å². The summed E-state index contributed by atoms with van der Waals surface area (Å²) in [4.78, 5) is 15.0. The number of anilines is 1. The van der Waals surface area contributed by atoms with Crippen molar-refractivity contribution in [2.45, 2.75) is 39.3 Å². The van der Waals surface area contributed by atoms with Crippen molar-refractivity contribution in [1.29, 1.82) is 0 Å². The van der Waals surface area contributed by atoms with Crippen LogP contribution in [-0.2, 0) is 4.74 Å². The molecule has 6 heteroatoms. The van der Waals surface area contributed by atoms with E-state index in [0.717, 1.165) is 0 Å². The molecule has 0 saturated heterocycles. The summed E-state index contributed by atoms with van der Waals surface area (Å²) in [6.07, 6.45) is 0.942. The molecule has 1 amide bonds. The summed E-state index contributed by atoms with van der Waals surface area (Å²) in [5, 5.41) is 5.74. The van der Waals surface area contributed by atoms with Gasteiger partial charge in [0.2, 0.25) is 5.95 Å². The second-order valence-electron chi connectivity index (χ2n) is 5.30. The summed E-state index contributed by atoms with van der Waals surface area (Å²) < 4.78 is 17.7. The molecule has 0 aliphatic carbocycles. The van der Waals surface area contributed by atoms with Crippen LogP contribution in [0.25, 0.3) is 0 Å². The second kappa shape index (κ2) is 6.36. The maximum atomic E-state index is 12.6. The lowest BCUT2D eigenvalue weighted by Crippen LogP contribution is -2.38. The molecule has 0 saturated carbocycles. The van der Waals surface area contributed by atoms with Crippen LogP contribution in [0.15, 0.2) is 18.3 Å².